The smallest absolute Gasteiger partial charge is 0.155 e. The summed E-state index contributed by atoms with van der Waals surface area (Å²) in [6.07, 6.45) is 1.93. The van der Waals surface area contributed by atoms with E-state index in [1.807, 2.05) is 48.9 Å². The van der Waals surface area contributed by atoms with Gasteiger partial charge in [0.1, 0.15) is 18.4 Å². The van der Waals surface area contributed by atoms with Crippen LogP contribution >= 0.6 is 23.2 Å². The van der Waals surface area contributed by atoms with E-state index in [1.54, 1.807) is 19.2 Å². The van der Waals surface area contributed by atoms with Gasteiger partial charge in [-0.25, -0.2) is 0 Å². The van der Waals surface area contributed by atoms with Gasteiger partial charge >= 0.3 is 0 Å². The number of rotatable bonds is 5. The van der Waals surface area contributed by atoms with E-state index in [1.165, 1.54) is 0 Å². The third-order valence-corrected chi connectivity index (χ3v) is 4.08. The Labute approximate surface area is 163 Å². The van der Waals surface area contributed by atoms with Crippen molar-refractivity contribution in [1.29, 1.82) is 5.26 Å². The second kappa shape index (κ2) is 9.38. The van der Waals surface area contributed by atoms with Crippen LogP contribution < -0.4 is 9.47 Å². The predicted molar refractivity (Wildman–Crippen MR) is 107 cm³/mol. The number of fused-ring (bicyclic) bond motifs is 1. The number of nitrogens with zero attached hydrogens (tertiary/aromatic N) is 2. The summed E-state index contributed by atoms with van der Waals surface area (Å²) in [5, 5.41) is 10.8. The van der Waals surface area contributed by atoms with Gasteiger partial charge in [0.25, 0.3) is 0 Å². The van der Waals surface area contributed by atoms with Crippen LogP contribution in [-0.4, -0.2) is 24.2 Å². The fraction of sp³-hybridized carbons (Fsp3) is 0.250. The predicted octanol–water partition coefficient (Wildman–Crippen LogP) is 5.81. The van der Waals surface area contributed by atoms with Crippen LogP contribution in [0.4, 0.5) is 0 Å². The van der Waals surface area contributed by atoms with Crippen LogP contribution in [0.25, 0.3) is 16.6 Å². The Balaban J connectivity index is 0.00000117. The monoisotopic (exact) mass is 390 g/mol. The van der Waals surface area contributed by atoms with E-state index in [0.717, 1.165) is 22.3 Å². The van der Waals surface area contributed by atoms with Crippen molar-refractivity contribution >= 4 is 34.1 Å². The van der Waals surface area contributed by atoms with Crippen LogP contribution in [0.2, 0.25) is 5.02 Å². The van der Waals surface area contributed by atoms with Gasteiger partial charge in [-0.15, -0.1) is 11.6 Å². The third kappa shape index (κ3) is 4.07. The van der Waals surface area contributed by atoms with Crippen LogP contribution in [0.5, 0.6) is 11.5 Å². The summed E-state index contributed by atoms with van der Waals surface area (Å²) >= 11 is 11.9. The first-order valence-corrected chi connectivity index (χ1v) is 9.17. The molecule has 3 aromatic rings. The lowest BCUT2D eigenvalue weighted by molar-refractivity contribution is 0.342. The highest BCUT2D eigenvalue weighted by Gasteiger charge is 2.13. The highest BCUT2D eigenvalue weighted by atomic mass is 35.5. The first-order valence-electron chi connectivity index (χ1n) is 8.26. The van der Waals surface area contributed by atoms with Crippen LogP contribution in [0.3, 0.4) is 0 Å². The van der Waals surface area contributed by atoms with Gasteiger partial charge < -0.3 is 14.0 Å². The maximum atomic E-state index is 9.40. The molecule has 0 amide bonds. The highest BCUT2D eigenvalue weighted by molar-refractivity contribution is 6.32. The van der Waals surface area contributed by atoms with Crippen LogP contribution in [0, 0.1) is 11.3 Å². The van der Waals surface area contributed by atoms with Crippen molar-refractivity contribution in [2.45, 2.75) is 13.8 Å². The summed E-state index contributed by atoms with van der Waals surface area (Å²) in [7, 11) is 1.64. The molecule has 0 unspecified atom stereocenters. The zero-order chi connectivity index (χ0) is 19.1. The molecule has 2 aromatic carbocycles. The molecule has 0 fully saturated rings. The van der Waals surface area contributed by atoms with E-state index >= 15 is 0 Å². The Hall–Kier alpha value is -2.35. The molecule has 136 valence electrons. The Bertz CT molecular complexity index is 929. The van der Waals surface area contributed by atoms with E-state index in [2.05, 4.69) is 6.07 Å². The molecule has 1 heterocycles. The van der Waals surface area contributed by atoms with Gasteiger partial charge in [-0.3, -0.25) is 0 Å². The highest BCUT2D eigenvalue weighted by Crippen LogP contribution is 2.33. The molecule has 3 rings (SSSR count). The van der Waals surface area contributed by atoms with Gasteiger partial charge in [0, 0.05) is 17.3 Å². The summed E-state index contributed by atoms with van der Waals surface area (Å²) in [6, 6.07) is 13.4. The van der Waals surface area contributed by atoms with Crippen molar-refractivity contribution in [1.82, 2.24) is 4.57 Å². The lowest BCUT2D eigenvalue weighted by Crippen LogP contribution is -2.02. The van der Waals surface area contributed by atoms with Crippen molar-refractivity contribution in [3.05, 3.63) is 53.2 Å². The van der Waals surface area contributed by atoms with Crippen LogP contribution in [0.1, 0.15) is 19.4 Å². The van der Waals surface area contributed by atoms with E-state index < -0.39 is 0 Å². The van der Waals surface area contributed by atoms with E-state index in [4.69, 9.17) is 32.7 Å². The van der Waals surface area contributed by atoms with E-state index in [-0.39, 0.29) is 0 Å². The van der Waals surface area contributed by atoms with Crippen molar-refractivity contribution < 1.29 is 9.47 Å². The minimum absolute atomic E-state index is 0.293. The molecule has 0 atom stereocenters. The standard InChI is InChI=1S/C18H14Cl2N2O2.C2H6/c1-23-15-2-3-17-12(9-15)4-6-22(17)14-8-13(11-21)18(16(20)10-14)24-7-5-19;1-2/h2-4,6,8-10H,5,7H2,1H3;1-2H3. The average Bonchev–Trinajstić information content (AvgIpc) is 3.11. The molecule has 0 saturated carbocycles. The molecule has 4 nitrogen and oxygen atoms in total. The average molecular weight is 391 g/mol. The molecular formula is C20H20Cl2N2O2. The maximum Gasteiger partial charge on any atom is 0.155 e. The zero-order valence-corrected chi connectivity index (χ0v) is 16.4. The maximum absolute atomic E-state index is 9.40. The van der Waals surface area contributed by atoms with Gasteiger partial charge in [0.2, 0.25) is 0 Å². The molecule has 0 aliphatic rings. The summed E-state index contributed by atoms with van der Waals surface area (Å²) in [4.78, 5) is 0. The molecule has 0 aliphatic heterocycles. The number of benzene rings is 2. The summed E-state index contributed by atoms with van der Waals surface area (Å²) in [5.74, 6) is 1.48. The number of ether oxygens (including phenoxy) is 2. The molecule has 0 spiro atoms. The molecular weight excluding hydrogens is 371 g/mol. The fourth-order valence-corrected chi connectivity index (χ4v) is 2.91. The SMILES string of the molecule is CC.COc1ccc2c(ccn2-c2cc(Cl)c(OCCCl)c(C#N)c2)c1. The van der Waals surface area contributed by atoms with Crippen LogP contribution in [0.15, 0.2) is 42.6 Å². The minimum Gasteiger partial charge on any atom is -0.497 e. The van der Waals surface area contributed by atoms with E-state index in [0.29, 0.717) is 28.8 Å². The largest absolute Gasteiger partial charge is 0.497 e. The topological polar surface area (TPSA) is 47.2 Å². The Morgan fingerprint density at radius 2 is 1.92 bits per heavy atom. The van der Waals surface area contributed by atoms with Crippen molar-refractivity contribution in [3.8, 4) is 23.3 Å². The second-order valence-corrected chi connectivity index (χ2v) is 5.85. The van der Waals surface area contributed by atoms with Crippen molar-refractivity contribution in [2.75, 3.05) is 19.6 Å². The number of hydrogen-bond donors (Lipinski definition) is 0. The summed E-state index contributed by atoms with van der Waals surface area (Å²) in [6.45, 7) is 4.29. The van der Waals surface area contributed by atoms with Gasteiger partial charge in [-0.1, -0.05) is 25.4 Å². The molecule has 0 aliphatic carbocycles. The van der Waals surface area contributed by atoms with Crippen molar-refractivity contribution in [3.63, 3.8) is 0 Å². The van der Waals surface area contributed by atoms with Crippen molar-refractivity contribution in [2.24, 2.45) is 0 Å². The number of halogens is 2. The van der Waals surface area contributed by atoms with Gasteiger partial charge in [-0.05, 0) is 36.4 Å². The number of nitriles is 1. The Kier molecular flexibility index (Phi) is 7.20. The Morgan fingerprint density at radius 3 is 2.58 bits per heavy atom. The molecule has 1 aromatic heterocycles. The number of aromatic nitrogens is 1. The lowest BCUT2D eigenvalue weighted by Gasteiger charge is -2.12. The van der Waals surface area contributed by atoms with Gasteiger partial charge in [0.15, 0.2) is 5.75 Å². The number of hydrogen-bond acceptors (Lipinski definition) is 3. The molecule has 0 saturated heterocycles. The van der Waals surface area contributed by atoms with Gasteiger partial charge in [0.05, 0.1) is 29.1 Å². The minimum atomic E-state index is 0.293. The fourth-order valence-electron chi connectivity index (χ4n) is 2.56. The zero-order valence-electron chi connectivity index (χ0n) is 14.9. The second-order valence-electron chi connectivity index (χ2n) is 5.06. The summed E-state index contributed by atoms with van der Waals surface area (Å²) < 4.78 is 12.7. The van der Waals surface area contributed by atoms with E-state index in [9.17, 15) is 5.26 Å². The Morgan fingerprint density at radius 1 is 1.15 bits per heavy atom. The first kappa shape index (κ1) is 20.0. The first-order chi connectivity index (χ1) is 12.7. The number of alkyl halides is 1. The summed E-state index contributed by atoms with van der Waals surface area (Å²) in [5.41, 5.74) is 2.15. The molecule has 0 radical (unpaired) electrons. The molecule has 26 heavy (non-hydrogen) atoms. The lowest BCUT2D eigenvalue weighted by atomic mass is 10.2. The quantitative estimate of drug-likeness (QED) is 0.516. The molecule has 0 N–H and O–H groups in total. The third-order valence-electron chi connectivity index (χ3n) is 3.65. The molecule has 0 bridgehead atoms. The molecule has 6 heteroatoms. The van der Waals surface area contributed by atoms with Gasteiger partial charge in [-0.2, -0.15) is 5.26 Å². The van der Waals surface area contributed by atoms with Crippen LogP contribution in [-0.2, 0) is 0 Å². The number of methoxy groups -OCH3 is 1. The normalized spacial score (nSPS) is 10.0.